The van der Waals surface area contributed by atoms with E-state index >= 15 is 0 Å². The van der Waals surface area contributed by atoms with Crippen LogP contribution in [0.3, 0.4) is 0 Å². The van der Waals surface area contributed by atoms with Gasteiger partial charge in [-0.05, 0) is 48.7 Å². The van der Waals surface area contributed by atoms with Crippen LogP contribution < -0.4 is 5.32 Å². The molecule has 0 atom stereocenters. The molecule has 0 unspecified atom stereocenters. The fourth-order valence-corrected chi connectivity index (χ4v) is 4.72. The monoisotopic (exact) mass is 542 g/mol. The molecule has 1 aliphatic rings. The molecule has 8 nitrogen and oxygen atoms in total. The number of nitrogens with zero attached hydrogens (tertiary/aromatic N) is 3. The highest BCUT2D eigenvalue weighted by Crippen LogP contribution is 2.14. The lowest BCUT2D eigenvalue weighted by Crippen LogP contribution is -2.49. The number of benzene rings is 3. The topological polar surface area (TPSA) is 82.2 Å². The summed E-state index contributed by atoms with van der Waals surface area (Å²) in [7, 11) is 0. The van der Waals surface area contributed by atoms with Gasteiger partial charge in [-0.3, -0.25) is 9.69 Å². The molecule has 0 bridgehead atoms. The Morgan fingerprint density at radius 2 is 1.43 bits per heavy atom. The van der Waals surface area contributed by atoms with Crippen molar-refractivity contribution in [3.8, 4) is 0 Å². The SMILES string of the molecule is CCOC(=O)c1ccc(NC(=O)N(CCC(=O)N2CCN(Cc3ccccc3)CC2)CCc2ccccc2)cc1. The molecule has 0 aliphatic carbocycles. The van der Waals surface area contributed by atoms with Gasteiger partial charge in [-0.1, -0.05) is 60.7 Å². The second-order valence-electron chi connectivity index (χ2n) is 9.84. The molecule has 1 fully saturated rings. The van der Waals surface area contributed by atoms with Gasteiger partial charge in [0.15, 0.2) is 0 Å². The molecule has 40 heavy (non-hydrogen) atoms. The van der Waals surface area contributed by atoms with Crippen LogP contribution in [-0.2, 0) is 22.5 Å². The minimum atomic E-state index is -0.399. The van der Waals surface area contributed by atoms with Crippen LogP contribution in [0.15, 0.2) is 84.9 Å². The van der Waals surface area contributed by atoms with Crippen molar-refractivity contribution in [1.29, 1.82) is 0 Å². The Kier molecular flexibility index (Phi) is 10.7. The van der Waals surface area contributed by atoms with E-state index in [1.165, 1.54) is 5.56 Å². The van der Waals surface area contributed by atoms with E-state index in [1.54, 1.807) is 36.1 Å². The third kappa shape index (κ3) is 8.68. The van der Waals surface area contributed by atoms with Crippen LogP contribution in [0.2, 0.25) is 0 Å². The summed E-state index contributed by atoms with van der Waals surface area (Å²) in [5, 5.41) is 2.91. The van der Waals surface area contributed by atoms with Crippen molar-refractivity contribution in [2.45, 2.75) is 26.3 Å². The first-order valence-electron chi connectivity index (χ1n) is 13.9. The molecule has 0 aromatic heterocycles. The molecule has 1 heterocycles. The standard InChI is InChI=1S/C32H38N4O4/c1-2-40-31(38)28-13-15-29(16-14-28)33-32(39)36(19-17-26-9-5-3-6-10-26)20-18-30(37)35-23-21-34(22-24-35)25-27-11-7-4-8-12-27/h3-16H,2,17-25H2,1H3,(H,33,39). The predicted molar refractivity (Wildman–Crippen MR) is 156 cm³/mol. The van der Waals surface area contributed by atoms with Crippen LogP contribution in [0.4, 0.5) is 10.5 Å². The Labute approximate surface area is 236 Å². The Morgan fingerprint density at radius 3 is 2.05 bits per heavy atom. The van der Waals surface area contributed by atoms with E-state index in [4.69, 9.17) is 4.74 Å². The van der Waals surface area contributed by atoms with Gasteiger partial charge in [-0.15, -0.1) is 0 Å². The van der Waals surface area contributed by atoms with Crippen molar-refractivity contribution in [3.63, 3.8) is 0 Å². The van der Waals surface area contributed by atoms with Crippen molar-refractivity contribution < 1.29 is 19.1 Å². The minimum absolute atomic E-state index is 0.0654. The number of piperazine rings is 1. The zero-order chi connectivity index (χ0) is 28.2. The maximum Gasteiger partial charge on any atom is 0.338 e. The van der Waals surface area contributed by atoms with Gasteiger partial charge in [0.2, 0.25) is 5.91 Å². The number of rotatable bonds is 11. The largest absolute Gasteiger partial charge is 0.462 e. The summed E-state index contributed by atoms with van der Waals surface area (Å²) in [5.41, 5.74) is 3.40. The van der Waals surface area contributed by atoms with Crippen molar-refractivity contribution in [2.75, 3.05) is 51.2 Å². The molecule has 210 valence electrons. The average Bonchev–Trinajstić information content (AvgIpc) is 2.99. The number of carbonyl (C=O) groups is 3. The van der Waals surface area contributed by atoms with Gasteiger partial charge < -0.3 is 19.9 Å². The number of nitrogens with one attached hydrogen (secondary N) is 1. The summed E-state index contributed by atoms with van der Waals surface area (Å²) in [5.74, 6) is -0.333. The number of anilines is 1. The van der Waals surface area contributed by atoms with Crippen LogP contribution in [0.1, 0.15) is 34.8 Å². The summed E-state index contributed by atoms with van der Waals surface area (Å²) in [6.07, 6.45) is 0.950. The fourth-order valence-electron chi connectivity index (χ4n) is 4.72. The Morgan fingerprint density at radius 1 is 0.800 bits per heavy atom. The molecule has 3 aromatic carbocycles. The number of carbonyl (C=O) groups excluding carboxylic acids is 3. The summed E-state index contributed by atoms with van der Waals surface area (Å²) in [6, 6.07) is 26.7. The third-order valence-electron chi connectivity index (χ3n) is 7.02. The van der Waals surface area contributed by atoms with E-state index in [1.807, 2.05) is 53.4 Å². The first kappa shape index (κ1) is 28.8. The van der Waals surface area contributed by atoms with Gasteiger partial charge in [0, 0.05) is 57.9 Å². The van der Waals surface area contributed by atoms with Crippen molar-refractivity contribution >= 4 is 23.6 Å². The Bertz CT molecular complexity index is 1230. The molecule has 0 saturated carbocycles. The van der Waals surface area contributed by atoms with Gasteiger partial charge >= 0.3 is 12.0 Å². The van der Waals surface area contributed by atoms with Crippen LogP contribution in [0.25, 0.3) is 0 Å². The van der Waals surface area contributed by atoms with Crippen LogP contribution in [0, 0.1) is 0 Å². The second kappa shape index (κ2) is 14.8. The highest BCUT2D eigenvalue weighted by Gasteiger charge is 2.23. The van der Waals surface area contributed by atoms with Gasteiger partial charge in [0.25, 0.3) is 0 Å². The first-order valence-corrected chi connectivity index (χ1v) is 13.9. The Hall–Kier alpha value is -4.17. The zero-order valence-corrected chi connectivity index (χ0v) is 23.1. The first-order chi connectivity index (χ1) is 19.5. The number of hydrogen-bond acceptors (Lipinski definition) is 5. The van der Waals surface area contributed by atoms with E-state index in [-0.39, 0.29) is 18.4 Å². The molecular weight excluding hydrogens is 504 g/mol. The lowest BCUT2D eigenvalue weighted by molar-refractivity contribution is -0.133. The van der Waals surface area contributed by atoms with Crippen molar-refractivity contribution in [2.24, 2.45) is 0 Å². The smallest absolute Gasteiger partial charge is 0.338 e. The fraction of sp³-hybridized carbons (Fsp3) is 0.344. The molecule has 1 saturated heterocycles. The third-order valence-corrected chi connectivity index (χ3v) is 7.02. The lowest BCUT2D eigenvalue weighted by atomic mass is 10.1. The van der Waals surface area contributed by atoms with Crippen molar-refractivity contribution in [1.82, 2.24) is 14.7 Å². The number of hydrogen-bond donors (Lipinski definition) is 1. The van der Waals surface area contributed by atoms with Crippen LogP contribution >= 0.6 is 0 Å². The molecule has 1 N–H and O–H groups in total. The molecule has 0 spiro atoms. The van der Waals surface area contributed by atoms with Crippen LogP contribution in [0.5, 0.6) is 0 Å². The van der Waals surface area contributed by atoms with E-state index < -0.39 is 5.97 Å². The number of amides is 3. The molecule has 4 rings (SSSR count). The highest BCUT2D eigenvalue weighted by atomic mass is 16.5. The van der Waals surface area contributed by atoms with Gasteiger partial charge in [0.05, 0.1) is 12.2 Å². The van der Waals surface area contributed by atoms with E-state index in [9.17, 15) is 14.4 Å². The number of esters is 1. The summed E-state index contributed by atoms with van der Waals surface area (Å²) >= 11 is 0. The maximum atomic E-state index is 13.3. The molecule has 3 amide bonds. The molecule has 8 heteroatoms. The summed E-state index contributed by atoms with van der Waals surface area (Å²) in [4.78, 5) is 44.2. The number of urea groups is 1. The van der Waals surface area contributed by atoms with Gasteiger partial charge in [0.1, 0.15) is 0 Å². The average molecular weight is 543 g/mol. The molecule has 1 aliphatic heterocycles. The van der Waals surface area contributed by atoms with E-state index in [0.717, 1.165) is 25.2 Å². The van der Waals surface area contributed by atoms with E-state index in [0.29, 0.717) is 50.5 Å². The highest BCUT2D eigenvalue weighted by molar-refractivity contribution is 5.92. The zero-order valence-electron chi connectivity index (χ0n) is 23.1. The van der Waals surface area contributed by atoms with E-state index in [2.05, 4.69) is 22.3 Å². The molecule has 3 aromatic rings. The van der Waals surface area contributed by atoms with Crippen molar-refractivity contribution in [3.05, 3.63) is 102 Å². The summed E-state index contributed by atoms with van der Waals surface area (Å²) < 4.78 is 5.02. The summed E-state index contributed by atoms with van der Waals surface area (Å²) in [6.45, 7) is 6.79. The quantitative estimate of drug-likeness (QED) is 0.356. The Balaban J connectivity index is 1.31. The minimum Gasteiger partial charge on any atom is -0.462 e. The second-order valence-corrected chi connectivity index (χ2v) is 9.84. The maximum absolute atomic E-state index is 13.3. The number of ether oxygens (including phenoxy) is 1. The predicted octanol–water partition coefficient (Wildman–Crippen LogP) is 4.67. The normalized spacial score (nSPS) is 13.5. The van der Waals surface area contributed by atoms with Crippen LogP contribution in [-0.4, -0.2) is 78.5 Å². The molecular formula is C32H38N4O4. The molecule has 0 radical (unpaired) electrons. The lowest BCUT2D eigenvalue weighted by Gasteiger charge is -2.35. The van der Waals surface area contributed by atoms with Gasteiger partial charge in [-0.25, -0.2) is 9.59 Å². The van der Waals surface area contributed by atoms with Gasteiger partial charge in [-0.2, -0.15) is 0 Å².